The van der Waals surface area contributed by atoms with Crippen molar-refractivity contribution in [1.29, 1.82) is 0 Å². The standard InChI is InChI=1S/C40H69NO5/c1-14-41-39(12,25(4)5)23-46-33-30(44-13)21-40-27(7)45-22-36(33,9)31(40)16-15-28-29(40)17-18-38(11)32(34(42)43)35(8,26(6)24(2)3)19-20-37(28,38)10/h17,24-28,30-33,41H,14-16,18-23H2,1-13H3,(H,42,43)/t26-,27+,28+,30-,31+,32-,33+,35-,36-,37-,38+,39+,40+/m1/s1. The van der Waals surface area contributed by atoms with Gasteiger partial charge >= 0.3 is 5.97 Å². The summed E-state index contributed by atoms with van der Waals surface area (Å²) in [6, 6.07) is 0. The maximum atomic E-state index is 13.4. The van der Waals surface area contributed by atoms with Crippen LogP contribution in [-0.4, -0.2) is 61.8 Å². The summed E-state index contributed by atoms with van der Waals surface area (Å²) >= 11 is 0. The van der Waals surface area contributed by atoms with Crippen LogP contribution in [0.4, 0.5) is 0 Å². The van der Waals surface area contributed by atoms with Gasteiger partial charge in [-0.3, -0.25) is 4.79 Å². The molecule has 0 spiro atoms. The maximum absolute atomic E-state index is 13.4. The highest BCUT2D eigenvalue weighted by molar-refractivity contribution is 5.73. The summed E-state index contributed by atoms with van der Waals surface area (Å²) in [5.41, 5.74) is 0.494. The Kier molecular flexibility index (Phi) is 9.58. The monoisotopic (exact) mass is 644 g/mol. The molecule has 5 rings (SSSR count). The van der Waals surface area contributed by atoms with E-state index in [-0.39, 0.29) is 56.8 Å². The van der Waals surface area contributed by atoms with Gasteiger partial charge in [0.15, 0.2) is 0 Å². The van der Waals surface area contributed by atoms with Gasteiger partial charge in [-0.05, 0) is 105 Å². The number of rotatable bonds is 10. The topological polar surface area (TPSA) is 77.0 Å². The molecular weight excluding hydrogens is 574 g/mol. The quantitative estimate of drug-likeness (QED) is 0.233. The smallest absolute Gasteiger partial charge is 0.307 e. The highest BCUT2D eigenvalue weighted by Crippen LogP contribution is 2.75. The molecule has 5 aliphatic rings. The van der Waals surface area contributed by atoms with Crippen LogP contribution in [0, 0.1) is 62.6 Å². The summed E-state index contributed by atoms with van der Waals surface area (Å²) in [5.74, 6) is 1.02. The number of nitrogens with one attached hydrogen (secondary N) is 1. The minimum absolute atomic E-state index is 0.0280. The number of hydrogen-bond donors (Lipinski definition) is 2. The number of carboxylic acid groups (broad SMARTS) is 1. The summed E-state index contributed by atoms with van der Waals surface area (Å²) < 4.78 is 20.3. The Morgan fingerprint density at radius 1 is 1.11 bits per heavy atom. The lowest BCUT2D eigenvalue weighted by Crippen LogP contribution is -2.72. The molecule has 6 heteroatoms. The molecule has 264 valence electrons. The van der Waals surface area contributed by atoms with Crippen molar-refractivity contribution < 1.29 is 24.1 Å². The highest BCUT2D eigenvalue weighted by Gasteiger charge is 2.73. The second-order valence-electron chi connectivity index (χ2n) is 18.5. The van der Waals surface area contributed by atoms with Crippen LogP contribution in [0.2, 0.25) is 0 Å². The number of likely N-dealkylation sites (N-methyl/N-ethyl adjacent to an activating group) is 1. The van der Waals surface area contributed by atoms with E-state index in [0.717, 1.165) is 45.1 Å². The summed E-state index contributed by atoms with van der Waals surface area (Å²) in [6.45, 7) is 29.9. The Bertz CT molecular complexity index is 1180. The van der Waals surface area contributed by atoms with Crippen LogP contribution in [0.3, 0.4) is 0 Å². The molecule has 2 bridgehead atoms. The average molecular weight is 644 g/mol. The van der Waals surface area contributed by atoms with Gasteiger partial charge in [-0.25, -0.2) is 0 Å². The van der Waals surface area contributed by atoms with Crippen molar-refractivity contribution in [3.63, 3.8) is 0 Å². The number of carboxylic acids is 1. The lowest BCUT2D eigenvalue weighted by molar-refractivity contribution is -0.288. The highest BCUT2D eigenvalue weighted by atomic mass is 16.5. The molecule has 0 unspecified atom stereocenters. The number of aliphatic carboxylic acids is 1. The first-order valence-corrected chi connectivity index (χ1v) is 18.8. The number of hydrogen-bond acceptors (Lipinski definition) is 5. The van der Waals surface area contributed by atoms with Gasteiger partial charge in [0.2, 0.25) is 0 Å². The van der Waals surface area contributed by atoms with Gasteiger partial charge < -0.3 is 24.6 Å². The Balaban J connectivity index is 1.56. The number of allylic oxidation sites excluding steroid dienone is 1. The van der Waals surface area contributed by atoms with Gasteiger partial charge in [0.05, 0.1) is 37.4 Å². The SMILES string of the molecule is CCN[C@@](C)(CO[C@H]1[C@H](OC)C[C@]23C4=CC[C@@]5(C)[C@H](C(=O)O)[C@@](C)([C@H](C)C(C)C)CC[C@]5(C)[C@H]4CC[C@H]2[C@@]1(C)CO[C@H]3C)C(C)C. The van der Waals surface area contributed by atoms with Crippen molar-refractivity contribution in [3.8, 4) is 0 Å². The molecule has 2 N–H and O–H groups in total. The molecular formula is C40H69NO5. The van der Waals surface area contributed by atoms with Crippen LogP contribution in [0.1, 0.15) is 122 Å². The zero-order valence-corrected chi connectivity index (χ0v) is 31.7. The minimum atomic E-state index is -0.600. The van der Waals surface area contributed by atoms with E-state index in [0.29, 0.717) is 42.8 Å². The lowest BCUT2D eigenvalue weighted by atomic mass is 9.34. The molecule has 0 radical (unpaired) electrons. The number of methoxy groups -OCH3 is 1. The van der Waals surface area contributed by atoms with Gasteiger partial charge in [-0.1, -0.05) is 80.9 Å². The fraction of sp³-hybridized carbons (Fsp3) is 0.925. The van der Waals surface area contributed by atoms with Gasteiger partial charge in [0, 0.05) is 23.5 Å². The molecule has 0 aromatic carbocycles. The number of ether oxygens (including phenoxy) is 3. The normalized spacial score (nSPS) is 47.3. The van der Waals surface area contributed by atoms with Gasteiger partial charge in [-0.2, -0.15) is 0 Å². The van der Waals surface area contributed by atoms with Gasteiger partial charge in [0.1, 0.15) is 0 Å². The van der Waals surface area contributed by atoms with Crippen molar-refractivity contribution in [3.05, 3.63) is 11.6 Å². The third-order valence-electron chi connectivity index (χ3n) is 16.3. The molecule has 0 aromatic rings. The molecule has 1 heterocycles. The second kappa shape index (κ2) is 12.1. The van der Waals surface area contributed by atoms with Crippen molar-refractivity contribution in [2.24, 2.45) is 62.6 Å². The Labute approximate surface area is 281 Å². The van der Waals surface area contributed by atoms with Crippen molar-refractivity contribution in [2.75, 3.05) is 26.9 Å². The molecule has 46 heavy (non-hydrogen) atoms. The third kappa shape index (κ3) is 4.87. The molecule has 13 atom stereocenters. The Hall–Kier alpha value is -0.950. The van der Waals surface area contributed by atoms with Crippen LogP contribution in [0.5, 0.6) is 0 Å². The van der Waals surface area contributed by atoms with Crippen LogP contribution in [0.15, 0.2) is 11.6 Å². The molecule has 3 saturated carbocycles. The van der Waals surface area contributed by atoms with Crippen molar-refractivity contribution in [1.82, 2.24) is 5.32 Å². The maximum Gasteiger partial charge on any atom is 0.307 e. The molecule has 6 nitrogen and oxygen atoms in total. The van der Waals surface area contributed by atoms with E-state index >= 15 is 0 Å². The number of carbonyl (C=O) groups is 1. The first-order chi connectivity index (χ1) is 21.3. The zero-order valence-electron chi connectivity index (χ0n) is 31.7. The molecule has 1 aliphatic heterocycles. The molecule has 1 saturated heterocycles. The summed E-state index contributed by atoms with van der Waals surface area (Å²) in [4.78, 5) is 13.4. The number of fused-ring (bicyclic) bond motifs is 3. The average Bonchev–Trinajstić information content (AvgIpc) is 2.98. The molecule has 0 amide bonds. The largest absolute Gasteiger partial charge is 0.481 e. The van der Waals surface area contributed by atoms with Crippen LogP contribution < -0.4 is 5.32 Å². The van der Waals surface area contributed by atoms with Gasteiger partial charge in [-0.15, -0.1) is 0 Å². The minimum Gasteiger partial charge on any atom is -0.481 e. The van der Waals surface area contributed by atoms with E-state index in [4.69, 9.17) is 14.2 Å². The van der Waals surface area contributed by atoms with Gasteiger partial charge in [0.25, 0.3) is 0 Å². The summed E-state index contributed by atoms with van der Waals surface area (Å²) in [6.07, 6.45) is 8.54. The Morgan fingerprint density at radius 3 is 2.35 bits per heavy atom. The lowest BCUT2D eigenvalue weighted by Gasteiger charge is -2.72. The third-order valence-corrected chi connectivity index (χ3v) is 16.3. The van der Waals surface area contributed by atoms with Crippen LogP contribution in [0.25, 0.3) is 0 Å². The fourth-order valence-electron chi connectivity index (χ4n) is 12.5. The van der Waals surface area contributed by atoms with E-state index in [1.807, 2.05) is 7.11 Å². The van der Waals surface area contributed by atoms with E-state index in [9.17, 15) is 9.90 Å². The van der Waals surface area contributed by atoms with Crippen LogP contribution in [-0.2, 0) is 19.0 Å². The van der Waals surface area contributed by atoms with Crippen LogP contribution >= 0.6 is 0 Å². The fourth-order valence-corrected chi connectivity index (χ4v) is 12.5. The predicted molar refractivity (Wildman–Crippen MR) is 186 cm³/mol. The predicted octanol–water partition coefficient (Wildman–Crippen LogP) is 8.39. The molecule has 4 fully saturated rings. The van der Waals surface area contributed by atoms with Crippen molar-refractivity contribution >= 4 is 5.97 Å². The molecule has 4 aliphatic carbocycles. The van der Waals surface area contributed by atoms with Crippen molar-refractivity contribution in [2.45, 2.75) is 145 Å². The second-order valence-corrected chi connectivity index (χ2v) is 18.5. The van der Waals surface area contributed by atoms with E-state index in [1.165, 1.54) is 0 Å². The van der Waals surface area contributed by atoms with E-state index in [2.05, 4.69) is 94.5 Å². The first-order valence-electron chi connectivity index (χ1n) is 18.8. The van der Waals surface area contributed by atoms with E-state index < -0.39 is 5.97 Å². The first kappa shape index (κ1) is 36.3. The summed E-state index contributed by atoms with van der Waals surface area (Å²) in [7, 11) is 1.87. The molecule has 0 aromatic heterocycles. The zero-order chi connectivity index (χ0) is 34.3. The Morgan fingerprint density at radius 2 is 1.78 bits per heavy atom. The summed E-state index contributed by atoms with van der Waals surface area (Å²) in [5, 5.41) is 14.7. The van der Waals surface area contributed by atoms with E-state index in [1.54, 1.807) is 5.57 Å².